The summed E-state index contributed by atoms with van der Waals surface area (Å²) < 4.78 is 22.8. The van der Waals surface area contributed by atoms with E-state index in [1.807, 2.05) is 19.2 Å². The Kier molecular flexibility index (Phi) is 8.08. The first-order valence-electron chi connectivity index (χ1n) is 14.2. The third-order valence-corrected chi connectivity index (χ3v) is 10.1. The van der Waals surface area contributed by atoms with Crippen LogP contribution in [0.25, 0.3) is 0 Å². The van der Waals surface area contributed by atoms with Gasteiger partial charge in [0.05, 0.1) is 42.6 Å². The second kappa shape index (κ2) is 11.6. The Bertz CT molecular complexity index is 1210. The molecule has 4 atom stereocenters. The van der Waals surface area contributed by atoms with Gasteiger partial charge in [-0.3, -0.25) is 0 Å². The summed E-state index contributed by atoms with van der Waals surface area (Å²) in [7, 11) is 1.64. The summed E-state index contributed by atoms with van der Waals surface area (Å²) in [5.41, 5.74) is 7.95. The fourth-order valence-electron chi connectivity index (χ4n) is 6.59. The minimum Gasteiger partial charge on any atom is -0.486 e. The van der Waals surface area contributed by atoms with Crippen LogP contribution < -0.4 is 20.3 Å². The van der Waals surface area contributed by atoms with E-state index in [2.05, 4.69) is 21.7 Å². The smallest absolute Gasteiger partial charge is 0.175 e. The van der Waals surface area contributed by atoms with E-state index in [1.165, 1.54) is 11.8 Å². The fraction of sp³-hybridized carbons (Fsp3) is 0.679. The molecule has 6 heterocycles. The predicted octanol–water partition coefficient (Wildman–Crippen LogP) is 2.36. The molecule has 0 radical (unpaired) electrons. The SMILES string of the molecule is COCOCC1C[C@H]2COc3c(Sc4nc(CO)c(N5CCC6(CC5)CO[C@@H](C)[C@H]6N)nc4C)ccnc3N2C1. The molecule has 3 fully saturated rings. The van der Waals surface area contributed by atoms with Crippen LogP contribution in [0, 0.1) is 18.3 Å². The number of piperidine rings is 1. The van der Waals surface area contributed by atoms with E-state index in [4.69, 9.17) is 34.6 Å². The van der Waals surface area contributed by atoms with Crippen LogP contribution in [0.4, 0.5) is 11.6 Å². The number of ether oxygens (including phenoxy) is 4. The molecule has 4 aliphatic heterocycles. The van der Waals surface area contributed by atoms with Gasteiger partial charge < -0.3 is 39.6 Å². The molecule has 3 saturated heterocycles. The molecule has 3 N–H and O–H groups in total. The van der Waals surface area contributed by atoms with Gasteiger partial charge in [-0.25, -0.2) is 15.0 Å². The molecule has 40 heavy (non-hydrogen) atoms. The van der Waals surface area contributed by atoms with Gasteiger partial charge in [0.25, 0.3) is 0 Å². The highest BCUT2D eigenvalue weighted by molar-refractivity contribution is 7.99. The zero-order valence-corrected chi connectivity index (χ0v) is 24.4. The van der Waals surface area contributed by atoms with Gasteiger partial charge in [-0.05, 0) is 39.2 Å². The zero-order chi connectivity index (χ0) is 27.9. The van der Waals surface area contributed by atoms with E-state index in [0.717, 1.165) is 78.5 Å². The molecule has 11 nitrogen and oxygen atoms in total. The fourth-order valence-corrected chi connectivity index (χ4v) is 7.52. The number of nitrogens with two attached hydrogens (primary N) is 1. The standard InChI is InChI=1S/C28H40N6O5S/c1-17-27(32-21(12-35)25(31-17)33-8-5-28(6-9-33)15-39-18(2)24(28)29)40-22-4-7-30-26-23(22)38-14-20-10-19(11-34(20)26)13-37-16-36-3/h4,7,18-20,24,35H,5-6,8-16,29H2,1-3H3/t18-,19?,20-,24+/m0/s1. The topological polar surface area (TPSA) is 128 Å². The zero-order valence-electron chi connectivity index (χ0n) is 23.5. The van der Waals surface area contributed by atoms with Gasteiger partial charge in [0, 0.05) is 50.3 Å². The number of anilines is 2. The van der Waals surface area contributed by atoms with Crippen LogP contribution in [0.2, 0.25) is 0 Å². The van der Waals surface area contributed by atoms with Crippen molar-refractivity contribution >= 4 is 23.4 Å². The highest BCUT2D eigenvalue weighted by Gasteiger charge is 2.48. The third kappa shape index (κ3) is 5.14. The summed E-state index contributed by atoms with van der Waals surface area (Å²) in [6.45, 7) is 8.67. The van der Waals surface area contributed by atoms with Gasteiger partial charge in [-0.1, -0.05) is 11.8 Å². The Morgan fingerprint density at radius 3 is 2.80 bits per heavy atom. The van der Waals surface area contributed by atoms with Crippen molar-refractivity contribution in [1.82, 2.24) is 15.0 Å². The van der Waals surface area contributed by atoms with Crippen molar-refractivity contribution in [3.8, 4) is 5.75 Å². The minimum absolute atomic E-state index is 0.0271. The van der Waals surface area contributed by atoms with E-state index < -0.39 is 0 Å². The summed E-state index contributed by atoms with van der Waals surface area (Å²) in [5, 5.41) is 11.0. The molecule has 0 aromatic carbocycles. The molecule has 218 valence electrons. The lowest BCUT2D eigenvalue weighted by Gasteiger charge is -2.42. The highest BCUT2D eigenvalue weighted by atomic mass is 32.2. The van der Waals surface area contributed by atoms with E-state index in [-0.39, 0.29) is 30.2 Å². The van der Waals surface area contributed by atoms with Crippen molar-refractivity contribution in [3.63, 3.8) is 0 Å². The molecular formula is C28H40N6O5S. The van der Waals surface area contributed by atoms with E-state index >= 15 is 0 Å². The quantitative estimate of drug-likeness (QED) is 0.356. The molecule has 2 aromatic rings. The summed E-state index contributed by atoms with van der Waals surface area (Å²) >= 11 is 1.51. The summed E-state index contributed by atoms with van der Waals surface area (Å²) in [6, 6.07) is 2.30. The largest absolute Gasteiger partial charge is 0.486 e. The van der Waals surface area contributed by atoms with Gasteiger partial charge in [-0.2, -0.15) is 0 Å². The molecule has 0 amide bonds. The first kappa shape index (κ1) is 27.9. The number of methoxy groups -OCH3 is 1. The molecule has 12 heteroatoms. The Balaban J connectivity index is 1.18. The van der Waals surface area contributed by atoms with Crippen molar-refractivity contribution in [2.75, 3.05) is 63.2 Å². The number of fused-ring (bicyclic) bond motifs is 3. The molecule has 0 aliphatic carbocycles. The van der Waals surface area contributed by atoms with E-state index in [9.17, 15) is 5.11 Å². The third-order valence-electron chi connectivity index (χ3n) is 8.94. The average molecular weight is 573 g/mol. The maximum absolute atomic E-state index is 10.3. The minimum atomic E-state index is -0.176. The Morgan fingerprint density at radius 1 is 1.25 bits per heavy atom. The van der Waals surface area contributed by atoms with Crippen molar-refractivity contribution < 1.29 is 24.1 Å². The van der Waals surface area contributed by atoms with E-state index in [1.54, 1.807) is 7.11 Å². The molecule has 0 saturated carbocycles. The number of hydrogen-bond acceptors (Lipinski definition) is 12. The number of nitrogens with zero attached hydrogens (tertiary/aromatic N) is 5. The Hall–Kier alpha value is -2.22. The molecule has 4 aliphatic rings. The van der Waals surface area contributed by atoms with Crippen LogP contribution in [0.3, 0.4) is 0 Å². The van der Waals surface area contributed by atoms with Crippen molar-refractivity contribution in [2.45, 2.75) is 67.8 Å². The Labute approximate surface area is 239 Å². The maximum Gasteiger partial charge on any atom is 0.175 e. The second-order valence-corrected chi connectivity index (χ2v) is 12.5. The van der Waals surface area contributed by atoms with Gasteiger partial charge in [-0.15, -0.1) is 0 Å². The van der Waals surface area contributed by atoms with Crippen molar-refractivity contribution in [2.24, 2.45) is 17.1 Å². The van der Waals surface area contributed by atoms with Crippen LogP contribution in [0.5, 0.6) is 5.75 Å². The monoisotopic (exact) mass is 572 g/mol. The number of hydrogen-bond donors (Lipinski definition) is 2. The maximum atomic E-state index is 10.3. The predicted molar refractivity (Wildman–Crippen MR) is 151 cm³/mol. The molecule has 1 unspecified atom stereocenters. The molecule has 0 bridgehead atoms. The van der Waals surface area contributed by atoms with E-state index in [0.29, 0.717) is 31.6 Å². The number of aliphatic hydroxyl groups is 1. The summed E-state index contributed by atoms with van der Waals surface area (Å²) in [6.07, 6.45) is 4.81. The molecule has 2 aromatic heterocycles. The number of aromatic nitrogens is 3. The van der Waals surface area contributed by atoms with Crippen LogP contribution in [0.1, 0.15) is 37.6 Å². The van der Waals surface area contributed by atoms with Gasteiger partial charge >= 0.3 is 0 Å². The van der Waals surface area contributed by atoms with Crippen LogP contribution >= 0.6 is 11.8 Å². The summed E-state index contributed by atoms with van der Waals surface area (Å²) in [5.74, 6) is 2.81. The lowest BCUT2D eigenvalue weighted by atomic mass is 9.73. The van der Waals surface area contributed by atoms with Crippen molar-refractivity contribution in [3.05, 3.63) is 23.7 Å². The summed E-state index contributed by atoms with van der Waals surface area (Å²) in [4.78, 5) is 20.1. The van der Waals surface area contributed by atoms with Crippen molar-refractivity contribution in [1.29, 1.82) is 0 Å². The number of aryl methyl sites for hydroxylation is 1. The Morgan fingerprint density at radius 2 is 2.08 bits per heavy atom. The molecule has 6 rings (SSSR count). The first-order valence-corrected chi connectivity index (χ1v) is 15.0. The molecular weight excluding hydrogens is 532 g/mol. The van der Waals surface area contributed by atoms with Gasteiger partial charge in [0.2, 0.25) is 0 Å². The molecule has 1 spiro atoms. The lowest BCUT2D eigenvalue weighted by molar-refractivity contribution is -0.0414. The second-order valence-electron chi connectivity index (χ2n) is 11.5. The lowest BCUT2D eigenvalue weighted by Crippen LogP contribution is -2.51. The number of rotatable bonds is 8. The van der Waals surface area contributed by atoms with Gasteiger partial charge in [0.15, 0.2) is 17.4 Å². The number of pyridine rings is 1. The first-order chi connectivity index (χ1) is 19.4. The van der Waals surface area contributed by atoms with Gasteiger partial charge in [0.1, 0.15) is 24.1 Å². The number of aliphatic hydroxyl groups excluding tert-OH is 1. The van der Waals surface area contributed by atoms with Crippen LogP contribution in [0.15, 0.2) is 22.2 Å². The average Bonchev–Trinajstić information content (AvgIpc) is 3.51. The highest BCUT2D eigenvalue weighted by Crippen LogP contribution is 2.46. The normalized spacial score (nSPS) is 27.1. The van der Waals surface area contributed by atoms with Crippen LogP contribution in [-0.2, 0) is 20.8 Å². The van der Waals surface area contributed by atoms with Crippen LogP contribution in [-0.4, -0.2) is 91.6 Å².